The average Bonchev–Trinajstić information content (AvgIpc) is 2.23. The van der Waals surface area contributed by atoms with Gasteiger partial charge in [-0.15, -0.1) is 0 Å². The molecule has 9 heteroatoms. The molecule has 102 valence electrons. The van der Waals surface area contributed by atoms with Crippen molar-refractivity contribution in [2.45, 2.75) is 25.3 Å². The topological polar surface area (TPSA) is 122 Å². The highest BCUT2D eigenvalue weighted by Gasteiger charge is 2.40. The molecule has 0 spiro atoms. The maximum atomic E-state index is 11.1. The lowest BCUT2D eigenvalue weighted by Crippen LogP contribution is -2.40. The van der Waals surface area contributed by atoms with E-state index in [-0.39, 0.29) is 0 Å². The monoisotopic (exact) mass is 295 g/mol. The van der Waals surface area contributed by atoms with Crippen molar-refractivity contribution in [1.82, 2.24) is 0 Å². The second-order valence-corrected chi connectivity index (χ2v) is 7.85. The van der Waals surface area contributed by atoms with E-state index in [0.29, 0.717) is 0 Å². The predicted octanol–water partition coefficient (Wildman–Crippen LogP) is -0.414. The van der Waals surface area contributed by atoms with Gasteiger partial charge in [0.25, 0.3) is 0 Å². The predicted molar refractivity (Wildman–Crippen MR) is 61.7 cm³/mol. The Morgan fingerprint density at radius 2 is 1.78 bits per heavy atom. The van der Waals surface area contributed by atoms with Gasteiger partial charge >= 0.3 is 7.60 Å². The molecule has 0 radical (unpaired) electrons. The second-order valence-electron chi connectivity index (χ2n) is 3.89. The second kappa shape index (κ2) is 5.61. The minimum absolute atomic E-state index is 0.494. The fraction of sp³-hybridized carbons (Fsp3) is 0.444. The van der Waals surface area contributed by atoms with Crippen LogP contribution < -0.4 is 9.46 Å². The van der Waals surface area contributed by atoms with E-state index in [1.165, 1.54) is 17.0 Å². The smallest absolute Gasteiger partial charge is 0.343 e. The third kappa shape index (κ3) is 4.28. The summed E-state index contributed by atoms with van der Waals surface area (Å²) >= 11 is 0. The Bertz CT molecular complexity index is 468. The highest BCUT2D eigenvalue weighted by Crippen LogP contribution is 2.57. The molecule has 0 aliphatic heterocycles. The molecular weight excluding hydrogens is 280 g/mol. The summed E-state index contributed by atoms with van der Waals surface area (Å²) < 4.78 is 23.3. The molecule has 3 N–H and O–H groups in total. The van der Waals surface area contributed by atoms with Crippen LogP contribution in [0.4, 0.5) is 0 Å². The molecule has 0 amide bonds. The Morgan fingerprint density at radius 1 is 1.28 bits per heavy atom. The van der Waals surface area contributed by atoms with Crippen molar-refractivity contribution >= 4 is 15.2 Å². The fourth-order valence-corrected chi connectivity index (χ4v) is 3.75. The summed E-state index contributed by atoms with van der Waals surface area (Å²) in [6, 6.07) is 3.42. The van der Waals surface area contributed by atoms with E-state index in [1.54, 1.807) is 12.1 Å². The minimum Gasteiger partial charge on any atom is -0.778 e. The Hall–Kier alpha value is -0.550. The number of aromatic nitrogens is 1. The van der Waals surface area contributed by atoms with Gasteiger partial charge in [-0.3, -0.25) is 4.57 Å². The molecule has 0 saturated heterocycles. The summed E-state index contributed by atoms with van der Waals surface area (Å²) in [5.41, 5.74) is 1.01. The Balaban J connectivity index is 2.97. The Kier molecular flexibility index (Phi) is 4.84. The third-order valence-electron chi connectivity index (χ3n) is 2.51. The summed E-state index contributed by atoms with van der Waals surface area (Å²) in [7, 11) is -10.0. The Morgan fingerprint density at radius 3 is 2.11 bits per heavy atom. The van der Waals surface area contributed by atoms with Crippen LogP contribution in [0, 0.1) is 0 Å². The number of nitrogens with zero attached hydrogens (tertiary/aromatic N) is 1. The van der Waals surface area contributed by atoms with Crippen LogP contribution >= 0.6 is 15.2 Å². The van der Waals surface area contributed by atoms with Gasteiger partial charge in [-0.2, -0.15) is 0 Å². The van der Waals surface area contributed by atoms with Crippen molar-refractivity contribution in [3.05, 3.63) is 30.1 Å². The highest BCUT2D eigenvalue weighted by atomic mass is 31.2. The normalized spacial score (nSPS) is 17.2. The third-order valence-corrected chi connectivity index (χ3v) is 6.14. The number of rotatable bonds is 5. The van der Waals surface area contributed by atoms with Gasteiger partial charge in [-0.05, 0) is 12.0 Å². The van der Waals surface area contributed by atoms with Gasteiger partial charge in [-0.1, -0.05) is 6.92 Å². The van der Waals surface area contributed by atoms with Gasteiger partial charge in [0.15, 0.2) is 31.9 Å². The molecule has 0 saturated carbocycles. The van der Waals surface area contributed by atoms with Crippen molar-refractivity contribution in [1.29, 1.82) is 0 Å². The number of pyridine rings is 1. The number of hydrogen-bond donors (Lipinski definition) is 3. The Labute approximate surface area is 104 Å². The molecule has 2 unspecified atom stereocenters. The van der Waals surface area contributed by atoms with Crippen molar-refractivity contribution < 1.29 is 33.3 Å². The van der Waals surface area contributed by atoms with E-state index in [2.05, 4.69) is 0 Å². The van der Waals surface area contributed by atoms with Crippen molar-refractivity contribution in [2.24, 2.45) is 0 Å². The lowest BCUT2D eigenvalue weighted by Gasteiger charge is -2.25. The largest absolute Gasteiger partial charge is 0.778 e. The van der Waals surface area contributed by atoms with Crippen LogP contribution in [0.3, 0.4) is 0 Å². The lowest BCUT2D eigenvalue weighted by molar-refractivity contribution is -0.695. The molecule has 1 aromatic rings. The first kappa shape index (κ1) is 15.5. The lowest BCUT2D eigenvalue weighted by atomic mass is 10.2. The summed E-state index contributed by atoms with van der Waals surface area (Å²) in [6.45, 7) is 1.45. The quantitative estimate of drug-likeness (QED) is 0.501. The van der Waals surface area contributed by atoms with Crippen LogP contribution in [0.2, 0.25) is 0 Å². The van der Waals surface area contributed by atoms with E-state index < -0.39 is 27.1 Å². The highest BCUT2D eigenvalue weighted by molar-refractivity contribution is 7.70. The van der Waals surface area contributed by atoms with E-state index in [4.69, 9.17) is 14.7 Å². The first-order chi connectivity index (χ1) is 8.14. The molecule has 0 fully saturated rings. The molecule has 7 nitrogen and oxygen atoms in total. The van der Waals surface area contributed by atoms with Gasteiger partial charge < -0.3 is 24.1 Å². The van der Waals surface area contributed by atoms with Gasteiger partial charge in [0.2, 0.25) is 0 Å². The van der Waals surface area contributed by atoms with Gasteiger partial charge in [-0.25, -0.2) is 4.57 Å². The van der Waals surface area contributed by atoms with Gasteiger partial charge in [0.1, 0.15) is 0 Å². The zero-order chi connectivity index (χ0) is 14.0. The summed E-state index contributed by atoms with van der Waals surface area (Å²) in [6.07, 6.45) is 3.82. The van der Waals surface area contributed by atoms with Crippen LogP contribution in [0.1, 0.15) is 12.5 Å². The molecule has 1 aromatic heterocycles. The average molecular weight is 295 g/mol. The molecule has 1 heterocycles. The molecule has 0 aromatic carbocycles. The molecule has 1 rings (SSSR count). The van der Waals surface area contributed by atoms with Crippen LogP contribution in [-0.4, -0.2) is 20.1 Å². The van der Waals surface area contributed by atoms with Crippen molar-refractivity contribution in [3.8, 4) is 0 Å². The zero-order valence-electron chi connectivity index (χ0n) is 9.71. The number of hydrogen-bond acceptors (Lipinski definition) is 3. The zero-order valence-corrected chi connectivity index (χ0v) is 11.5. The standard InChI is InChI=1S/C9H15NO6P2/c1-2-8-3-5-10(6-4-8)7-9(17(11,12)13)18(14,15)16/h3-6,9H,2,7H2,1H3,(H3-,11,12,13,14,15,16). The first-order valence-corrected chi connectivity index (χ1v) is 8.54. The maximum Gasteiger partial charge on any atom is 0.343 e. The van der Waals surface area contributed by atoms with E-state index in [9.17, 15) is 14.0 Å². The van der Waals surface area contributed by atoms with Crippen LogP contribution in [-0.2, 0) is 22.1 Å². The molecule has 2 atom stereocenters. The van der Waals surface area contributed by atoms with Crippen LogP contribution in [0.25, 0.3) is 0 Å². The molecule has 0 aliphatic rings. The van der Waals surface area contributed by atoms with Gasteiger partial charge in [0.05, 0.1) is 0 Å². The SMILES string of the molecule is CCc1cc[n+](CC(P(=O)([O-])O)P(=O)(O)O)cc1. The van der Waals surface area contributed by atoms with Crippen molar-refractivity contribution in [2.75, 3.05) is 0 Å². The molecule has 0 aliphatic carbocycles. The summed E-state index contributed by atoms with van der Waals surface area (Å²) in [5.74, 6) is 0. The van der Waals surface area contributed by atoms with Crippen molar-refractivity contribution in [3.63, 3.8) is 0 Å². The maximum absolute atomic E-state index is 11.1. The molecule has 0 bridgehead atoms. The van der Waals surface area contributed by atoms with Crippen LogP contribution in [0.5, 0.6) is 0 Å². The minimum atomic E-state index is -5.12. The van der Waals surface area contributed by atoms with E-state index in [0.717, 1.165) is 12.0 Å². The number of aryl methyl sites for hydroxylation is 1. The first-order valence-electron chi connectivity index (χ1n) is 5.21. The fourth-order valence-electron chi connectivity index (χ4n) is 1.43. The summed E-state index contributed by atoms with van der Waals surface area (Å²) in [4.78, 5) is 37.7. The van der Waals surface area contributed by atoms with E-state index >= 15 is 0 Å². The molecule has 18 heavy (non-hydrogen) atoms. The molecular formula is C9H15NO6P2. The summed E-state index contributed by atoms with van der Waals surface area (Å²) in [5, 5.41) is -2.12. The van der Waals surface area contributed by atoms with E-state index in [1.807, 2.05) is 6.92 Å². The van der Waals surface area contributed by atoms with Gasteiger partial charge in [0, 0.05) is 12.1 Å². The van der Waals surface area contributed by atoms with Crippen LogP contribution in [0.15, 0.2) is 24.5 Å².